The molecule has 0 aromatic heterocycles. The first-order valence-electron chi connectivity index (χ1n) is 15.5. The number of carbonyl (C=O) groups excluding carboxylic acids is 2. The summed E-state index contributed by atoms with van der Waals surface area (Å²) in [5.41, 5.74) is 4.21. The Labute approximate surface area is 288 Å². The van der Waals surface area contributed by atoms with Crippen LogP contribution in [0.15, 0.2) is 95.9 Å². The number of hydrogen-bond acceptors (Lipinski definition) is 4. The second kappa shape index (κ2) is 15.8. The lowest BCUT2D eigenvalue weighted by atomic mass is 10.0. The third-order valence-corrected chi connectivity index (χ3v) is 10.5. The predicted octanol–water partition coefficient (Wildman–Crippen LogP) is 7.67. The van der Waals surface area contributed by atoms with E-state index in [9.17, 15) is 18.0 Å². The summed E-state index contributed by atoms with van der Waals surface area (Å²) >= 11 is 12.8. The molecule has 4 aromatic rings. The Kier molecular flexibility index (Phi) is 12.1. The van der Waals surface area contributed by atoms with Gasteiger partial charge in [0, 0.05) is 29.1 Å². The van der Waals surface area contributed by atoms with Gasteiger partial charge in [0.05, 0.1) is 10.6 Å². The first kappa shape index (κ1) is 36.0. The first-order chi connectivity index (χ1) is 22.3. The van der Waals surface area contributed by atoms with Gasteiger partial charge in [0.25, 0.3) is 10.0 Å². The molecule has 0 aliphatic rings. The predicted molar refractivity (Wildman–Crippen MR) is 190 cm³/mol. The quantitative estimate of drug-likeness (QED) is 0.156. The summed E-state index contributed by atoms with van der Waals surface area (Å²) in [6, 6.07) is 25.2. The Morgan fingerprint density at radius 3 is 2.15 bits per heavy atom. The standard InChI is InChI=1S/C37H41Cl2N3O4S/c1-6-28(5)40-37(44)35(21-29-10-8-7-9-11-29)41(23-30-16-17-31(38)22-33(30)39)36(43)24-42(34-20-26(3)12-15-27(34)4)47(45,46)32-18-13-25(2)14-19-32/h7-20,22,28,35H,6,21,23-24H2,1-5H3,(H,40,44)/t28-,35+/m1/s1. The summed E-state index contributed by atoms with van der Waals surface area (Å²) in [7, 11) is -4.21. The maximum Gasteiger partial charge on any atom is 0.264 e. The molecular formula is C37H41Cl2N3O4S. The monoisotopic (exact) mass is 693 g/mol. The Morgan fingerprint density at radius 2 is 1.51 bits per heavy atom. The van der Waals surface area contributed by atoms with E-state index < -0.39 is 28.5 Å². The minimum Gasteiger partial charge on any atom is -0.352 e. The van der Waals surface area contributed by atoms with Crippen LogP contribution in [0.1, 0.15) is 48.1 Å². The van der Waals surface area contributed by atoms with Crippen molar-refractivity contribution >= 4 is 50.7 Å². The molecule has 10 heteroatoms. The van der Waals surface area contributed by atoms with Crippen LogP contribution in [-0.4, -0.2) is 43.8 Å². The number of benzene rings is 4. The van der Waals surface area contributed by atoms with Crippen molar-refractivity contribution in [2.75, 3.05) is 10.8 Å². The molecule has 0 saturated carbocycles. The highest BCUT2D eigenvalue weighted by atomic mass is 35.5. The molecule has 0 unspecified atom stereocenters. The molecule has 4 aromatic carbocycles. The number of carbonyl (C=O) groups is 2. The maximum atomic E-state index is 14.7. The van der Waals surface area contributed by atoms with Crippen molar-refractivity contribution < 1.29 is 18.0 Å². The Hall–Kier alpha value is -3.85. The molecule has 0 radical (unpaired) electrons. The van der Waals surface area contributed by atoms with E-state index in [0.29, 0.717) is 33.3 Å². The van der Waals surface area contributed by atoms with Crippen molar-refractivity contribution in [1.82, 2.24) is 10.2 Å². The van der Waals surface area contributed by atoms with Crippen LogP contribution in [0.3, 0.4) is 0 Å². The number of amides is 2. The van der Waals surface area contributed by atoms with Gasteiger partial charge >= 0.3 is 0 Å². The zero-order valence-corrected chi connectivity index (χ0v) is 29.7. The number of nitrogens with zero attached hydrogens (tertiary/aromatic N) is 2. The molecule has 0 aliphatic carbocycles. The van der Waals surface area contributed by atoms with Crippen molar-refractivity contribution in [3.8, 4) is 0 Å². The van der Waals surface area contributed by atoms with E-state index in [1.807, 2.05) is 70.2 Å². The van der Waals surface area contributed by atoms with Gasteiger partial charge in [-0.05, 0) is 86.7 Å². The molecule has 248 valence electrons. The average molecular weight is 695 g/mol. The highest BCUT2D eigenvalue weighted by Gasteiger charge is 2.35. The SMILES string of the molecule is CC[C@@H](C)NC(=O)[C@H](Cc1ccccc1)N(Cc1ccc(Cl)cc1Cl)C(=O)CN(c1cc(C)ccc1C)S(=O)(=O)c1ccc(C)cc1. The van der Waals surface area contributed by atoms with E-state index in [1.54, 1.807) is 43.3 Å². The second-order valence-corrected chi connectivity index (χ2v) is 14.6. The fourth-order valence-electron chi connectivity index (χ4n) is 5.17. The number of rotatable bonds is 13. The second-order valence-electron chi connectivity index (χ2n) is 11.9. The van der Waals surface area contributed by atoms with E-state index in [4.69, 9.17) is 23.2 Å². The molecule has 7 nitrogen and oxygen atoms in total. The van der Waals surface area contributed by atoms with Gasteiger partial charge < -0.3 is 10.2 Å². The number of hydrogen-bond donors (Lipinski definition) is 1. The summed E-state index contributed by atoms with van der Waals surface area (Å²) in [6.45, 7) is 8.81. The molecule has 2 amide bonds. The smallest absolute Gasteiger partial charge is 0.264 e. The van der Waals surface area contributed by atoms with Crippen LogP contribution in [0.2, 0.25) is 10.0 Å². The van der Waals surface area contributed by atoms with Crippen LogP contribution >= 0.6 is 23.2 Å². The number of sulfonamides is 1. The Morgan fingerprint density at radius 1 is 0.851 bits per heavy atom. The van der Waals surface area contributed by atoms with Crippen molar-refractivity contribution in [2.24, 2.45) is 0 Å². The van der Waals surface area contributed by atoms with Crippen molar-refractivity contribution in [3.63, 3.8) is 0 Å². The summed E-state index contributed by atoms with van der Waals surface area (Å²) < 4.78 is 29.8. The number of aryl methyl sites for hydroxylation is 3. The van der Waals surface area contributed by atoms with E-state index >= 15 is 0 Å². The fraction of sp³-hybridized carbons (Fsp3) is 0.297. The summed E-state index contributed by atoms with van der Waals surface area (Å²) in [5.74, 6) is -0.908. The third kappa shape index (κ3) is 9.15. The van der Waals surface area contributed by atoms with Crippen molar-refractivity contribution in [2.45, 2.75) is 71.0 Å². The minimum absolute atomic E-state index is 0.0501. The normalized spacial score (nSPS) is 12.7. The molecule has 0 aliphatic heterocycles. The topological polar surface area (TPSA) is 86.8 Å². The average Bonchev–Trinajstić information content (AvgIpc) is 3.04. The van der Waals surface area contributed by atoms with Crippen LogP contribution in [0.4, 0.5) is 5.69 Å². The Bertz CT molecular complexity index is 1820. The van der Waals surface area contributed by atoms with Gasteiger partial charge in [-0.1, -0.05) is 96.4 Å². The van der Waals surface area contributed by atoms with Gasteiger partial charge in [0.15, 0.2) is 0 Å². The van der Waals surface area contributed by atoms with E-state index in [1.165, 1.54) is 17.0 Å². The van der Waals surface area contributed by atoms with Gasteiger partial charge in [0.1, 0.15) is 12.6 Å². The number of anilines is 1. The van der Waals surface area contributed by atoms with Crippen molar-refractivity contribution in [1.29, 1.82) is 0 Å². The molecule has 4 rings (SSSR count). The van der Waals surface area contributed by atoms with Crippen LogP contribution in [0, 0.1) is 20.8 Å². The highest BCUT2D eigenvalue weighted by Crippen LogP contribution is 2.30. The zero-order chi connectivity index (χ0) is 34.3. The van der Waals surface area contributed by atoms with Gasteiger partial charge in [-0.25, -0.2) is 8.42 Å². The fourth-order valence-corrected chi connectivity index (χ4v) is 7.11. The van der Waals surface area contributed by atoms with Gasteiger partial charge in [-0.2, -0.15) is 0 Å². The summed E-state index contributed by atoms with van der Waals surface area (Å²) in [6.07, 6.45) is 0.893. The number of nitrogens with one attached hydrogen (secondary N) is 1. The van der Waals surface area contributed by atoms with Crippen LogP contribution in [0.5, 0.6) is 0 Å². The molecule has 0 saturated heterocycles. The molecule has 0 bridgehead atoms. The van der Waals surface area contributed by atoms with Crippen LogP contribution in [0.25, 0.3) is 0 Å². The van der Waals surface area contributed by atoms with Crippen LogP contribution < -0.4 is 9.62 Å². The molecular weight excluding hydrogens is 653 g/mol. The molecule has 1 N–H and O–H groups in total. The molecule has 2 atom stereocenters. The van der Waals surface area contributed by atoms with E-state index in [2.05, 4.69) is 5.32 Å². The lowest BCUT2D eigenvalue weighted by Crippen LogP contribution is -2.54. The van der Waals surface area contributed by atoms with Gasteiger partial charge in [-0.3, -0.25) is 13.9 Å². The lowest BCUT2D eigenvalue weighted by molar-refractivity contribution is -0.140. The minimum atomic E-state index is -4.21. The molecule has 0 spiro atoms. The van der Waals surface area contributed by atoms with E-state index in [0.717, 1.165) is 21.0 Å². The summed E-state index contributed by atoms with van der Waals surface area (Å²) in [5, 5.41) is 3.80. The molecule has 47 heavy (non-hydrogen) atoms. The molecule has 0 heterocycles. The maximum absolute atomic E-state index is 14.7. The van der Waals surface area contributed by atoms with Crippen LogP contribution in [-0.2, 0) is 32.6 Å². The van der Waals surface area contributed by atoms with Crippen molar-refractivity contribution in [3.05, 3.63) is 129 Å². The van der Waals surface area contributed by atoms with Gasteiger partial charge in [-0.15, -0.1) is 0 Å². The summed E-state index contributed by atoms with van der Waals surface area (Å²) in [4.78, 5) is 30.2. The highest BCUT2D eigenvalue weighted by molar-refractivity contribution is 7.92. The largest absolute Gasteiger partial charge is 0.352 e. The zero-order valence-electron chi connectivity index (χ0n) is 27.3. The number of halogens is 2. The Balaban J connectivity index is 1.86. The van der Waals surface area contributed by atoms with E-state index in [-0.39, 0.29) is 29.8 Å². The van der Waals surface area contributed by atoms with Gasteiger partial charge in [0.2, 0.25) is 11.8 Å². The first-order valence-corrected chi connectivity index (χ1v) is 17.7. The lowest BCUT2D eigenvalue weighted by Gasteiger charge is -2.35. The third-order valence-electron chi connectivity index (χ3n) is 8.15. The molecule has 0 fully saturated rings.